The monoisotopic (exact) mass is 221 g/mol. The summed E-state index contributed by atoms with van der Waals surface area (Å²) in [4.78, 5) is 6.69. The number of morpholine rings is 1. The molecule has 16 heavy (non-hydrogen) atoms. The summed E-state index contributed by atoms with van der Waals surface area (Å²) in [5.74, 6) is 1.55. The maximum absolute atomic E-state index is 5.64. The Balaban J connectivity index is 2.19. The molecule has 4 heteroatoms. The molecule has 1 aliphatic rings. The predicted octanol–water partition coefficient (Wildman–Crippen LogP) is 1.53. The van der Waals surface area contributed by atoms with Crippen LogP contribution in [0.3, 0.4) is 0 Å². The lowest BCUT2D eigenvalue weighted by Crippen LogP contribution is -2.48. The third-order valence-corrected chi connectivity index (χ3v) is 3.00. The molecular formula is C12H19N3O. The second kappa shape index (κ2) is 4.70. The maximum atomic E-state index is 5.64. The maximum Gasteiger partial charge on any atom is 0.129 e. The van der Waals surface area contributed by atoms with Gasteiger partial charge in [0.1, 0.15) is 5.82 Å². The van der Waals surface area contributed by atoms with E-state index in [9.17, 15) is 0 Å². The van der Waals surface area contributed by atoms with Gasteiger partial charge in [0.15, 0.2) is 0 Å². The van der Waals surface area contributed by atoms with Crippen molar-refractivity contribution in [2.45, 2.75) is 19.9 Å². The average molecular weight is 221 g/mol. The van der Waals surface area contributed by atoms with Crippen molar-refractivity contribution in [1.29, 1.82) is 0 Å². The van der Waals surface area contributed by atoms with Gasteiger partial charge >= 0.3 is 0 Å². The minimum absolute atomic E-state index is 0.407. The summed E-state index contributed by atoms with van der Waals surface area (Å²) >= 11 is 0. The molecule has 2 N–H and O–H groups in total. The van der Waals surface area contributed by atoms with Crippen LogP contribution in [-0.4, -0.2) is 30.8 Å². The van der Waals surface area contributed by atoms with Crippen molar-refractivity contribution in [3.05, 3.63) is 18.3 Å². The molecule has 0 spiro atoms. The average Bonchev–Trinajstić information content (AvgIpc) is 2.30. The molecule has 1 fully saturated rings. The number of nitrogens with zero attached hydrogens (tertiary/aromatic N) is 2. The first-order valence-electron chi connectivity index (χ1n) is 5.74. The van der Waals surface area contributed by atoms with Crippen molar-refractivity contribution < 1.29 is 4.74 Å². The molecule has 0 saturated carbocycles. The van der Waals surface area contributed by atoms with Crippen LogP contribution in [0.4, 0.5) is 11.5 Å². The van der Waals surface area contributed by atoms with Crippen LogP contribution in [-0.2, 0) is 4.74 Å². The third kappa shape index (κ3) is 2.27. The Morgan fingerprint density at radius 3 is 2.94 bits per heavy atom. The molecule has 2 rings (SSSR count). The van der Waals surface area contributed by atoms with Gasteiger partial charge in [-0.3, -0.25) is 0 Å². The summed E-state index contributed by atoms with van der Waals surface area (Å²) in [6.07, 6.45) is 1.71. The number of rotatable bonds is 2. The molecule has 4 nitrogen and oxygen atoms in total. The minimum atomic E-state index is 0.407. The number of aromatic nitrogens is 1. The number of hydrogen-bond acceptors (Lipinski definition) is 4. The van der Waals surface area contributed by atoms with Crippen molar-refractivity contribution in [2.75, 3.05) is 30.4 Å². The first kappa shape index (κ1) is 11.2. The van der Waals surface area contributed by atoms with Crippen molar-refractivity contribution in [3.8, 4) is 0 Å². The van der Waals surface area contributed by atoms with Gasteiger partial charge in [-0.25, -0.2) is 4.98 Å². The fourth-order valence-electron chi connectivity index (χ4n) is 2.03. The molecule has 0 radical (unpaired) electrons. The van der Waals surface area contributed by atoms with E-state index in [1.807, 2.05) is 12.1 Å². The molecule has 0 aromatic carbocycles. The highest BCUT2D eigenvalue weighted by atomic mass is 16.5. The first-order valence-corrected chi connectivity index (χ1v) is 5.74. The molecule has 1 aromatic heterocycles. The Labute approximate surface area is 96.4 Å². The quantitative estimate of drug-likeness (QED) is 0.822. The van der Waals surface area contributed by atoms with E-state index in [-0.39, 0.29) is 0 Å². The Morgan fingerprint density at radius 1 is 1.50 bits per heavy atom. The Bertz CT molecular complexity index is 337. The number of pyridine rings is 1. The zero-order chi connectivity index (χ0) is 11.5. The molecule has 1 aromatic rings. The number of anilines is 2. The van der Waals surface area contributed by atoms with E-state index in [0.717, 1.165) is 25.6 Å². The van der Waals surface area contributed by atoms with Crippen LogP contribution in [0.5, 0.6) is 0 Å². The van der Waals surface area contributed by atoms with E-state index < -0.39 is 0 Å². The van der Waals surface area contributed by atoms with Gasteiger partial charge in [0, 0.05) is 6.54 Å². The van der Waals surface area contributed by atoms with Crippen molar-refractivity contribution >= 4 is 11.5 Å². The summed E-state index contributed by atoms with van der Waals surface area (Å²) in [7, 11) is 0. The van der Waals surface area contributed by atoms with Crippen LogP contribution in [0, 0.1) is 5.92 Å². The van der Waals surface area contributed by atoms with Crippen LogP contribution >= 0.6 is 0 Å². The van der Waals surface area contributed by atoms with Crippen LogP contribution in [0.2, 0.25) is 0 Å². The lowest BCUT2D eigenvalue weighted by molar-refractivity contribution is 0.0802. The SMILES string of the molecule is CC(C)C1COCCN1c1ccc(N)cn1. The zero-order valence-corrected chi connectivity index (χ0v) is 9.89. The van der Waals surface area contributed by atoms with E-state index in [4.69, 9.17) is 10.5 Å². The lowest BCUT2D eigenvalue weighted by atomic mass is 10.0. The van der Waals surface area contributed by atoms with Crippen LogP contribution in [0.1, 0.15) is 13.8 Å². The standard InChI is InChI=1S/C12H19N3O/c1-9(2)11-8-16-6-5-15(11)12-4-3-10(13)7-14-12/h3-4,7,9,11H,5-6,8,13H2,1-2H3. The van der Waals surface area contributed by atoms with Gasteiger partial charge in [-0.15, -0.1) is 0 Å². The van der Waals surface area contributed by atoms with Gasteiger partial charge in [0.2, 0.25) is 0 Å². The zero-order valence-electron chi connectivity index (χ0n) is 9.89. The van der Waals surface area contributed by atoms with E-state index in [2.05, 4.69) is 23.7 Å². The van der Waals surface area contributed by atoms with Gasteiger partial charge in [-0.1, -0.05) is 13.8 Å². The van der Waals surface area contributed by atoms with E-state index in [1.165, 1.54) is 0 Å². The molecule has 1 aliphatic heterocycles. The number of hydrogen-bond donors (Lipinski definition) is 1. The largest absolute Gasteiger partial charge is 0.397 e. The molecular weight excluding hydrogens is 202 g/mol. The van der Waals surface area contributed by atoms with Crippen molar-refractivity contribution in [1.82, 2.24) is 4.98 Å². The molecule has 0 bridgehead atoms. The fraction of sp³-hybridized carbons (Fsp3) is 0.583. The van der Waals surface area contributed by atoms with Gasteiger partial charge in [-0.2, -0.15) is 0 Å². The normalized spacial score (nSPS) is 21.4. The summed E-state index contributed by atoms with van der Waals surface area (Å²) < 4.78 is 5.52. The third-order valence-electron chi connectivity index (χ3n) is 3.00. The van der Waals surface area contributed by atoms with Crippen molar-refractivity contribution in [2.24, 2.45) is 5.92 Å². The predicted molar refractivity (Wildman–Crippen MR) is 65.4 cm³/mol. The smallest absolute Gasteiger partial charge is 0.129 e. The Morgan fingerprint density at radius 2 is 2.31 bits per heavy atom. The summed E-state index contributed by atoms with van der Waals surface area (Å²) in [5, 5.41) is 0. The van der Waals surface area contributed by atoms with Crippen LogP contribution in [0.25, 0.3) is 0 Å². The molecule has 1 unspecified atom stereocenters. The summed E-state index contributed by atoms with van der Waals surface area (Å²) in [6, 6.07) is 4.29. The highest BCUT2D eigenvalue weighted by molar-refractivity contribution is 5.46. The number of nitrogens with two attached hydrogens (primary N) is 1. The van der Waals surface area contributed by atoms with Gasteiger partial charge in [-0.05, 0) is 18.1 Å². The Hall–Kier alpha value is -1.29. The summed E-state index contributed by atoms with van der Waals surface area (Å²) in [5.41, 5.74) is 6.35. The van der Waals surface area contributed by atoms with Gasteiger partial charge in [0.05, 0.1) is 31.1 Å². The highest BCUT2D eigenvalue weighted by Gasteiger charge is 2.26. The number of ether oxygens (including phenoxy) is 1. The molecule has 1 atom stereocenters. The summed E-state index contributed by atoms with van der Waals surface area (Å²) in [6.45, 7) is 6.88. The van der Waals surface area contributed by atoms with Crippen molar-refractivity contribution in [3.63, 3.8) is 0 Å². The minimum Gasteiger partial charge on any atom is -0.397 e. The second-order valence-electron chi connectivity index (χ2n) is 4.53. The number of nitrogen functional groups attached to an aromatic ring is 1. The van der Waals surface area contributed by atoms with E-state index >= 15 is 0 Å². The Kier molecular flexibility index (Phi) is 3.29. The topological polar surface area (TPSA) is 51.4 Å². The van der Waals surface area contributed by atoms with E-state index in [0.29, 0.717) is 17.6 Å². The molecule has 0 aliphatic carbocycles. The van der Waals surface area contributed by atoms with Crippen LogP contribution in [0.15, 0.2) is 18.3 Å². The molecule has 88 valence electrons. The molecule has 0 amide bonds. The van der Waals surface area contributed by atoms with Crippen LogP contribution < -0.4 is 10.6 Å². The molecule has 1 saturated heterocycles. The van der Waals surface area contributed by atoms with Gasteiger partial charge in [0.25, 0.3) is 0 Å². The lowest BCUT2D eigenvalue weighted by Gasteiger charge is -2.38. The highest BCUT2D eigenvalue weighted by Crippen LogP contribution is 2.22. The second-order valence-corrected chi connectivity index (χ2v) is 4.53. The van der Waals surface area contributed by atoms with E-state index in [1.54, 1.807) is 6.20 Å². The first-order chi connectivity index (χ1) is 7.68. The fourth-order valence-corrected chi connectivity index (χ4v) is 2.03. The molecule has 2 heterocycles. The van der Waals surface area contributed by atoms with Gasteiger partial charge < -0.3 is 15.4 Å².